The zero-order chi connectivity index (χ0) is 15.4. The predicted octanol–water partition coefficient (Wildman–Crippen LogP) is 2.21. The Labute approximate surface area is 132 Å². The van der Waals surface area contributed by atoms with Crippen molar-refractivity contribution in [3.63, 3.8) is 0 Å². The van der Waals surface area contributed by atoms with Crippen LogP contribution in [-0.2, 0) is 0 Å². The first-order valence-corrected chi connectivity index (χ1v) is 7.58. The quantitative estimate of drug-likeness (QED) is 0.596. The van der Waals surface area contributed by atoms with E-state index in [0.29, 0.717) is 17.1 Å². The molecule has 1 aromatic carbocycles. The Hall–Kier alpha value is -2.12. The standard InChI is InChI=1S/C14H16N4OS2/c1-2-18(14(16)20)17-13(19)10-8-11(21-12(10)15)9-6-4-3-5-7-9/h3-8H,2,15H2,1H3,(H2,16,20)(H,17,19). The van der Waals surface area contributed by atoms with Gasteiger partial charge in [0.05, 0.1) is 10.6 Å². The Bertz CT molecular complexity index is 654. The molecule has 0 aliphatic rings. The Morgan fingerprint density at radius 1 is 1.38 bits per heavy atom. The van der Waals surface area contributed by atoms with Crippen molar-refractivity contribution < 1.29 is 4.79 Å². The molecule has 1 heterocycles. The molecule has 0 aliphatic heterocycles. The topological polar surface area (TPSA) is 84.4 Å². The van der Waals surface area contributed by atoms with Crippen LogP contribution < -0.4 is 16.9 Å². The molecule has 0 bridgehead atoms. The minimum absolute atomic E-state index is 0.114. The molecule has 1 aromatic heterocycles. The van der Waals surface area contributed by atoms with Gasteiger partial charge in [0.2, 0.25) is 0 Å². The summed E-state index contributed by atoms with van der Waals surface area (Å²) in [5.41, 5.74) is 15.6. The molecule has 21 heavy (non-hydrogen) atoms. The third-order valence-electron chi connectivity index (χ3n) is 2.88. The van der Waals surface area contributed by atoms with Crippen LogP contribution in [-0.4, -0.2) is 22.6 Å². The number of rotatable bonds is 3. The molecule has 0 atom stereocenters. The lowest BCUT2D eigenvalue weighted by Gasteiger charge is -2.21. The van der Waals surface area contributed by atoms with Gasteiger partial charge < -0.3 is 11.5 Å². The van der Waals surface area contributed by atoms with Crippen LogP contribution in [0.5, 0.6) is 0 Å². The summed E-state index contributed by atoms with van der Waals surface area (Å²) in [4.78, 5) is 13.2. The van der Waals surface area contributed by atoms with E-state index in [2.05, 4.69) is 5.43 Å². The first-order chi connectivity index (χ1) is 10.0. The van der Waals surface area contributed by atoms with Crippen molar-refractivity contribution in [2.24, 2.45) is 5.73 Å². The van der Waals surface area contributed by atoms with E-state index in [0.717, 1.165) is 10.4 Å². The van der Waals surface area contributed by atoms with Gasteiger partial charge in [0.15, 0.2) is 5.11 Å². The van der Waals surface area contributed by atoms with E-state index in [1.54, 1.807) is 6.07 Å². The van der Waals surface area contributed by atoms with Gasteiger partial charge in [-0.2, -0.15) is 0 Å². The number of carbonyl (C=O) groups is 1. The molecule has 2 aromatic rings. The van der Waals surface area contributed by atoms with Gasteiger partial charge in [-0.3, -0.25) is 15.2 Å². The molecule has 0 fully saturated rings. The maximum absolute atomic E-state index is 12.2. The van der Waals surface area contributed by atoms with Crippen LogP contribution in [0.15, 0.2) is 36.4 Å². The minimum atomic E-state index is -0.319. The largest absolute Gasteiger partial charge is 0.390 e. The van der Waals surface area contributed by atoms with Crippen LogP contribution in [0.1, 0.15) is 17.3 Å². The number of carbonyl (C=O) groups excluding carboxylic acids is 1. The average Bonchev–Trinajstić information content (AvgIpc) is 2.87. The van der Waals surface area contributed by atoms with Crippen molar-refractivity contribution in [3.05, 3.63) is 42.0 Å². The smallest absolute Gasteiger partial charge is 0.272 e. The number of nitrogens with one attached hydrogen (secondary N) is 1. The fourth-order valence-electron chi connectivity index (χ4n) is 1.80. The van der Waals surface area contributed by atoms with Gasteiger partial charge in [0, 0.05) is 11.4 Å². The van der Waals surface area contributed by atoms with Crippen LogP contribution in [0.4, 0.5) is 5.00 Å². The van der Waals surface area contributed by atoms with Gasteiger partial charge in [-0.25, -0.2) is 0 Å². The van der Waals surface area contributed by atoms with Crippen LogP contribution in [0.25, 0.3) is 10.4 Å². The van der Waals surface area contributed by atoms with E-state index in [4.69, 9.17) is 23.7 Å². The molecule has 1 amide bonds. The summed E-state index contributed by atoms with van der Waals surface area (Å²) >= 11 is 6.23. The lowest BCUT2D eigenvalue weighted by molar-refractivity contribution is 0.0876. The van der Waals surface area contributed by atoms with Gasteiger partial charge >= 0.3 is 0 Å². The number of nitrogen functional groups attached to an aromatic ring is 1. The van der Waals surface area contributed by atoms with Crippen molar-refractivity contribution in [3.8, 4) is 10.4 Å². The molecule has 7 heteroatoms. The third-order valence-corrected chi connectivity index (χ3v) is 4.12. The highest BCUT2D eigenvalue weighted by Gasteiger charge is 2.17. The van der Waals surface area contributed by atoms with Crippen molar-refractivity contribution >= 4 is 39.6 Å². The molecule has 0 saturated carbocycles. The average molecular weight is 320 g/mol. The summed E-state index contributed by atoms with van der Waals surface area (Å²) < 4.78 is 0. The molecule has 0 aliphatic carbocycles. The van der Waals surface area contributed by atoms with E-state index >= 15 is 0 Å². The van der Waals surface area contributed by atoms with Crippen LogP contribution in [0, 0.1) is 0 Å². The van der Waals surface area contributed by atoms with Crippen LogP contribution in [0.2, 0.25) is 0 Å². The summed E-state index contributed by atoms with van der Waals surface area (Å²) in [7, 11) is 0. The van der Waals surface area contributed by atoms with Gasteiger partial charge in [0.25, 0.3) is 5.91 Å². The summed E-state index contributed by atoms with van der Waals surface area (Å²) in [6, 6.07) is 11.5. The van der Waals surface area contributed by atoms with E-state index in [9.17, 15) is 4.79 Å². The van der Waals surface area contributed by atoms with E-state index in [1.807, 2.05) is 37.3 Å². The molecule has 2 rings (SSSR count). The number of hydrogen-bond acceptors (Lipinski definition) is 4. The summed E-state index contributed by atoms with van der Waals surface area (Å²) in [6.45, 7) is 2.32. The number of hydrogen-bond donors (Lipinski definition) is 3. The van der Waals surface area contributed by atoms with E-state index in [1.165, 1.54) is 16.3 Å². The zero-order valence-corrected chi connectivity index (χ0v) is 13.1. The highest BCUT2D eigenvalue weighted by Crippen LogP contribution is 2.33. The molecule has 0 radical (unpaired) electrons. The number of anilines is 1. The van der Waals surface area contributed by atoms with Crippen molar-refractivity contribution in [2.45, 2.75) is 6.92 Å². The first-order valence-electron chi connectivity index (χ1n) is 6.35. The maximum atomic E-state index is 12.2. The molecule has 5 N–H and O–H groups in total. The van der Waals surface area contributed by atoms with E-state index < -0.39 is 0 Å². The SMILES string of the molecule is CCN(NC(=O)c1cc(-c2ccccc2)sc1N)C(N)=S. The number of nitrogens with zero attached hydrogens (tertiary/aromatic N) is 1. The third kappa shape index (κ3) is 3.50. The van der Waals surface area contributed by atoms with Gasteiger partial charge in [-0.1, -0.05) is 30.3 Å². The van der Waals surface area contributed by atoms with E-state index in [-0.39, 0.29) is 11.0 Å². The van der Waals surface area contributed by atoms with Crippen molar-refractivity contribution in [1.82, 2.24) is 10.4 Å². The lowest BCUT2D eigenvalue weighted by atomic mass is 10.1. The minimum Gasteiger partial charge on any atom is -0.390 e. The summed E-state index contributed by atoms with van der Waals surface area (Å²) in [5.74, 6) is -0.319. The number of benzene rings is 1. The van der Waals surface area contributed by atoms with Crippen molar-refractivity contribution in [2.75, 3.05) is 12.3 Å². The fraction of sp³-hybridized carbons (Fsp3) is 0.143. The Balaban J connectivity index is 2.23. The summed E-state index contributed by atoms with van der Waals surface area (Å²) in [5, 5.41) is 1.98. The number of nitrogens with two attached hydrogens (primary N) is 2. The van der Waals surface area contributed by atoms with Gasteiger partial charge in [0.1, 0.15) is 0 Å². The fourth-order valence-corrected chi connectivity index (χ4v) is 2.90. The normalized spacial score (nSPS) is 10.1. The number of thiocarbonyl (C=S) groups is 1. The number of hydrazine groups is 1. The second-order valence-corrected chi connectivity index (χ2v) is 5.78. The van der Waals surface area contributed by atoms with Crippen molar-refractivity contribution in [1.29, 1.82) is 0 Å². The monoisotopic (exact) mass is 320 g/mol. The second-order valence-electron chi connectivity index (χ2n) is 4.28. The second kappa shape index (κ2) is 6.55. The van der Waals surface area contributed by atoms with Crippen LogP contribution >= 0.6 is 23.6 Å². The molecule has 0 spiro atoms. The molecule has 0 saturated heterocycles. The highest BCUT2D eigenvalue weighted by atomic mass is 32.1. The Morgan fingerprint density at radius 2 is 2.05 bits per heavy atom. The molecule has 5 nitrogen and oxygen atoms in total. The number of thiophene rings is 1. The highest BCUT2D eigenvalue weighted by molar-refractivity contribution is 7.80. The van der Waals surface area contributed by atoms with Gasteiger partial charge in [-0.15, -0.1) is 11.3 Å². The lowest BCUT2D eigenvalue weighted by Crippen LogP contribution is -2.48. The molecular formula is C14H16N4OS2. The van der Waals surface area contributed by atoms with Crippen LogP contribution in [0.3, 0.4) is 0 Å². The molecule has 0 unspecified atom stereocenters. The molecule has 110 valence electrons. The molecular weight excluding hydrogens is 304 g/mol. The summed E-state index contributed by atoms with van der Waals surface area (Å²) in [6.07, 6.45) is 0. The Morgan fingerprint density at radius 3 is 2.62 bits per heavy atom. The number of amides is 1. The Kier molecular flexibility index (Phi) is 4.77. The maximum Gasteiger partial charge on any atom is 0.272 e. The zero-order valence-electron chi connectivity index (χ0n) is 11.5. The van der Waals surface area contributed by atoms with Gasteiger partial charge in [-0.05, 0) is 30.8 Å². The first kappa shape index (κ1) is 15.3. The predicted molar refractivity (Wildman–Crippen MR) is 90.8 cm³/mol.